The summed E-state index contributed by atoms with van der Waals surface area (Å²) in [6.45, 7) is 13.6. The van der Waals surface area contributed by atoms with Crippen LogP contribution in [0.1, 0.15) is 52.7 Å². The van der Waals surface area contributed by atoms with E-state index in [0.29, 0.717) is 11.5 Å². The highest BCUT2D eigenvalue weighted by molar-refractivity contribution is 9.10. The summed E-state index contributed by atoms with van der Waals surface area (Å²) in [6, 6.07) is 45.3. The van der Waals surface area contributed by atoms with Gasteiger partial charge in [-0.2, -0.15) is 0 Å². The zero-order valence-corrected chi connectivity index (χ0v) is 29.4. The molecule has 0 saturated heterocycles. The van der Waals surface area contributed by atoms with Crippen LogP contribution in [0, 0.1) is 0 Å². The molecule has 6 aromatic rings. The summed E-state index contributed by atoms with van der Waals surface area (Å²) in [7, 11) is 0. The Morgan fingerprint density at radius 1 is 0.426 bits per heavy atom. The Morgan fingerprint density at radius 3 is 1.34 bits per heavy atom. The molecule has 0 amide bonds. The van der Waals surface area contributed by atoms with E-state index in [2.05, 4.69) is 112 Å². The number of ether oxygens (including phenoxy) is 2. The third kappa shape index (κ3) is 8.01. The van der Waals surface area contributed by atoms with E-state index in [0.717, 1.165) is 44.0 Å². The van der Waals surface area contributed by atoms with E-state index in [4.69, 9.17) is 14.5 Å². The van der Waals surface area contributed by atoms with Crippen molar-refractivity contribution in [3.05, 3.63) is 149 Å². The molecule has 1 heterocycles. The second-order valence-electron chi connectivity index (χ2n) is 14.0. The van der Waals surface area contributed by atoms with Crippen LogP contribution in [0.5, 0.6) is 23.0 Å². The standard InChI is InChI=1S/C43H40BrNO2/c1-42(2,3)33-21-30(22-34(27-33)43(4,5)6)31-25-40(29-17-19-35(44)20-18-29)45-41(26-31)32-23-38(46-36-13-9-7-10-14-36)28-39(24-32)47-37-15-11-8-12-16-37/h7-28H,1-6H3. The Balaban J connectivity index is 1.55. The van der Waals surface area contributed by atoms with Crippen molar-refractivity contribution in [1.29, 1.82) is 0 Å². The van der Waals surface area contributed by atoms with Crippen LogP contribution in [0.2, 0.25) is 0 Å². The number of pyridine rings is 1. The SMILES string of the molecule is CC(C)(C)c1cc(-c2cc(-c3ccc(Br)cc3)nc(-c3cc(Oc4ccccc4)cc(Oc4ccccc4)c3)c2)cc(C(C)(C)C)c1. The summed E-state index contributed by atoms with van der Waals surface area (Å²) in [5.74, 6) is 2.84. The highest BCUT2D eigenvalue weighted by Crippen LogP contribution is 2.39. The topological polar surface area (TPSA) is 31.4 Å². The van der Waals surface area contributed by atoms with E-state index < -0.39 is 0 Å². The van der Waals surface area contributed by atoms with Crippen molar-refractivity contribution in [2.45, 2.75) is 52.4 Å². The third-order valence-corrected chi connectivity index (χ3v) is 8.63. The molecule has 5 aromatic carbocycles. The van der Waals surface area contributed by atoms with Gasteiger partial charge in [0.05, 0.1) is 11.4 Å². The minimum atomic E-state index is -0.00675. The van der Waals surface area contributed by atoms with E-state index >= 15 is 0 Å². The van der Waals surface area contributed by atoms with Crippen molar-refractivity contribution in [3.63, 3.8) is 0 Å². The number of hydrogen-bond acceptors (Lipinski definition) is 3. The van der Waals surface area contributed by atoms with Crippen LogP contribution in [0.15, 0.2) is 138 Å². The molecule has 0 aliphatic rings. The first-order valence-corrected chi connectivity index (χ1v) is 16.8. The van der Waals surface area contributed by atoms with Crippen molar-refractivity contribution in [3.8, 4) is 56.6 Å². The smallest absolute Gasteiger partial charge is 0.131 e. The molecule has 236 valence electrons. The van der Waals surface area contributed by atoms with Gasteiger partial charge in [0.25, 0.3) is 0 Å². The monoisotopic (exact) mass is 681 g/mol. The fraction of sp³-hybridized carbons (Fsp3) is 0.186. The van der Waals surface area contributed by atoms with Crippen molar-refractivity contribution in [2.75, 3.05) is 0 Å². The normalized spacial score (nSPS) is 11.7. The Bertz CT molecular complexity index is 1900. The van der Waals surface area contributed by atoms with Gasteiger partial charge in [-0.1, -0.05) is 124 Å². The summed E-state index contributed by atoms with van der Waals surface area (Å²) in [5.41, 5.74) is 8.52. The number of benzene rings is 5. The lowest BCUT2D eigenvalue weighted by Crippen LogP contribution is -2.16. The number of nitrogens with zero attached hydrogens (tertiary/aromatic N) is 1. The maximum absolute atomic E-state index is 6.36. The second kappa shape index (κ2) is 13.2. The Hall–Kier alpha value is -4.67. The first-order valence-electron chi connectivity index (χ1n) is 16.0. The van der Waals surface area contributed by atoms with E-state index in [1.54, 1.807) is 0 Å². The highest BCUT2D eigenvalue weighted by atomic mass is 79.9. The first kappa shape index (κ1) is 32.3. The van der Waals surface area contributed by atoms with Gasteiger partial charge in [-0.25, -0.2) is 4.98 Å². The lowest BCUT2D eigenvalue weighted by Gasteiger charge is -2.26. The van der Waals surface area contributed by atoms with Crippen LogP contribution in [-0.2, 0) is 10.8 Å². The Labute approximate surface area is 287 Å². The molecule has 0 radical (unpaired) electrons. The maximum atomic E-state index is 6.36. The molecule has 0 aliphatic carbocycles. The molecule has 1 aromatic heterocycles. The summed E-state index contributed by atoms with van der Waals surface area (Å²) in [6.07, 6.45) is 0. The quantitative estimate of drug-likeness (QED) is 0.168. The molecule has 0 bridgehead atoms. The van der Waals surface area contributed by atoms with E-state index in [-0.39, 0.29) is 10.8 Å². The molecule has 0 fully saturated rings. The number of rotatable bonds is 7. The molecule has 3 nitrogen and oxygen atoms in total. The fourth-order valence-electron chi connectivity index (χ4n) is 5.36. The zero-order chi connectivity index (χ0) is 33.2. The average Bonchev–Trinajstić information content (AvgIpc) is 3.05. The lowest BCUT2D eigenvalue weighted by molar-refractivity contribution is 0.460. The molecule has 47 heavy (non-hydrogen) atoms. The largest absolute Gasteiger partial charge is 0.457 e. The zero-order valence-electron chi connectivity index (χ0n) is 27.8. The molecular formula is C43H40BrNO2. The van der Waals surface area contributed by atoms with Gasteiger partial charge in [0.2, 0.25) is 0 Å². The molecule has 0 spiro atoms. The fourth-order valence-corrected chi connectivity index (χ4v) is 5.62. The van der Waals surface area contributed by atoms with Gasteiger partial charge in [0.1, 0.15) is 23.0 Å². The molecule has 0 atom stereocenters. The van der Waals surface area contributed by atoms with E-state index in [9.17, 15) is 0 Å². The summed E-state index contributed by atoms with van der Waals surface area (Å²) < 4.78 is 13.7. The summed E-state index contributed by atoms with van der Waals surface area (Å²) >= 11 is 3.60. The van der Waals surface area contributed by atoms with Gasteiger partial charge in [-0.05, 0) is 93.7 Å². The Kier molecular flexibility index (Phi) is 9.07. The highest BCUT2D eigenvalue weighted by Gasteiger charge is 2.22. The predicted octanol–water partition coefficient (Wildman–Crippen LogP) is 13.0. The molecular weight excluding hydrogens is 642 g/mol. The van der Waals surface area contributed by atoms with E-state index in [1.807, 2.05) is 78.9 Å². The average molecular weight is 683 g/mol. The molecule has 0 N–H and O–H groups in total. The first-order chi connectivity index (χ1) is 22.4. The van der Waals surface area contributed by atoms with Crippen LogP contribution >= 0.6 is 15.9 Å². The summed E-state index contributed by atoms with van der Waals surface area (Å²) in [4.78, 5) is 5.24. The second-order valence-corrected chi connectivity index (χ2v) is 14.9. The van der Waals surface area contributed by atoms with Crippen LogP contribution < -0.4 is 9.47 Å². The van der Waals surface area contributed by atoms with Crippen molar-refractivity contribution < 1.29 is 9.47 Å². The lowest BCUT2D eigenvalue weighted by atomic mass is 9.79. The number of aromatic nitrogens is 1. The van der Waals surface area contributed by atoms with Gasteiger partial charge in [0, 0.05) is 21.7 Å². The van der Waals surface area contributed by atoms with Crippen molar-refractivity contribution in [1.82, 2.24) is 4.98 Å². The minimum absolute atomic E-state index is 0.00675. The van der Waals surface area contributed by atoms with Crippen LogP contribution in [-0.4, -0.2) is 4.98 Å². The van der Waals surface area contributed by atoms with Gasteiger partial charge in [-0.15, -0.1) is 0 Å². The van der Waals surface area contributed by atoms with Gasteiger partial charge < -0.3 is 9.47 Å². The van der Waals surface area contributed by atoms with Crippen LogP contribution in [0.25, 0.3) is 33.6 Å². The predicted molar refractivity (Wildman–Crippen MR) is 199 cm³/mol. The number of halogens is 1. The van der Waals surface area contributed by atoms with E-state index in [1.165, 1.54) is 16.7 Å². The van der Waals surface area contributed by atoms with Crippen molar-refractivity contribution in [2.24, 2.45) is 0 Å². The number of para-hydroxylation sites is 2. The molecule has 0 unspecified atom stereocenters. The molecule has 0 aliphatic heterocycles. The minimum Gasteiger partial charge on any atom is -0.457 e. The Morgan fingerprint density at radius 2 is 0.872 bits per heavy atom. The third-order valence-electron chi connectivity index (χ3n) is 8.10. The van der Waals surface area contributed by atoms with Crippen LogP contribution in [0.4, 0.5) is 0 Å². The van der Waals surface area contributed by atoms with Crippen LogP contribution in [0.3, 0.4) is 0 Å². The summed E-state index contributed by atoms with van der Waals surface area (Å²) in [5, 5.41) is 0. The molecule has 0 saturated carbocycles. The van der Waals surface area contributed by atoms with Gasteiger partial charge in [-0.3, -0.25) is 0 Å². The molecule has 4 heteroatoms. The van der Waals surface area contributed by atoms with Crippen molar-refractivity contribution >= 4 is 15.9 Å². The number of hydrogen-bond donors (Lipinski definition) is 0. The molecule has 6 rings (SSSR count). The van der Waals surface area contributed by atoms with Gasteiger partial charge >= 0.3 is 0 Å². The van der Waals surface area contributed by atoms with Gasteiger partial charge in [0.15, 0.2) is 0 Å². The maximum Gasteiger partial charge on any atom is 0.131 e.